The molecule has 0 bridgehead atoms. The first-order chi connectivity index (χ1) is 9.93. The third kappa shape index (κ3) is 4.37. The molecule has 0 radical (unpaired) electrons. The van der Waals surface area contributed by atoms with Gasteiger partial charge in [-0.2, -0.15) is 11.8 Å². The van der Waals surface area contributed by atoms with Crippen LogP contribution in [0, 0.1) is 0 Å². The van der Waals surface area contributed by atoms with Crippen molar-refractivity contribution in [3.05, 3.63) is 28.2 Å². The number of nitrogens with one attached hydrogen (secondary N) is 1. The Balaban J connectivity index is 2.38. The average molecular weight is 393 g/mol. The van der Waals surface area contributed by atoms with Crippen molar-refractivity contribution in [3.8, 4) is 0 Å². The maximum Gasteiger partial charge on any atom is 0.169 e. The lowest BCUT2D eigenvalue weighted by atomic mass is 10.1. The van der Waals surface area contributed by atoms with Gasteiger partial charge in [-0.3, -0.25) is 0 Å². The van der Waals surface area contributed by atoms with Crippen molar-refractivity contribution in [2.24, 2.45) is 0 Å². The molecule has 0 aliphatic carbocycles. The molecule has 0 aromatic heterocycles. The quantitative estimate of drug-likeness (QED) is 0.833. The fourth-order valence-corrected chi connectivity index (χ4v) is 5.69. The van der Waals surface area contributed by atoms with Gasteiger partial charge in [-0.05, 0) is 30.3 Å². The summed E-state index contributed by atoms with van der Waals surface area (Å²) < 4.78 is 25.2. The van der Waals surface area contributed by atoms with Crippen LogP contribution >= 0.6 is 27.7 Å². The molecule has 1 heterocycles. The van der Waals surface area contributed by atoms with E-state index < -0.39 is 15.2 Å². The van der Waals surface area contributed by atoms with Crippen LogP contribution in [0.1, 0.15) is 12.5 Å². The number of nitrogens with zero attached hydrogens (tertiary/aromatic N) is 1. The van der Waals surface area contributed by atoms with Gasteiger partial charge in [0, 0.05) is 41.0 Å². The number of benzene rings is 1. The van der Waals surface area contributed by atoms with E-state index in [0.717, 1.165) is 41.1 Å². The Morgan fingerprint density at radius 1 is 1.48 bits per heavy atom. The number of rotatable bonds is 5. The standard InChI is InChI=1S/C14H21BrN2O2S2/c1-3-16-9-11-8-12(15)4-5-13(11)17-6-7-20-10-14(17)21(2,18)19/h4-5,8,14,16H,3,6-7,9-10H2,1-2H3. The van der Waals surface area contributed by atoms with Gasteiger partial charge >= 0.3 is 0 Å². The van der Waals surface area contributed by atoms with Crippen molar-refractivity contribution in [2.45, 2.75) is 18.8 Å². The lowest BCUT2D eigenvalue weighted by Gasteiger charge is -2.37. The highest BCUT2D eigenvalue weighted by atomic mass is 79.9. The fraction of sp³-hybridized carbons (Fsp3) is 0.571. The average Bonchev–Trinajstić information content (AvgIpc) is 2.44. The Labute approximate surface area is 139 Å². The van der Waals surface area contributed by atoms with Crippen LogP contribution in [0.15, 0.2) is 22.7 Å². The van der Waals surface area contributed by atoms with Crippen LogP contribution in [-0.2, 0) is 16.4 Å². The van der Waals surface area contributed by atoms with Gasteiger partial charge in [-0.15, -0.1) is 0 Å². The van der Waals surface area contributed by atoms with Crippen molar-refractivity contribution in [3.63, 3.8) is 0 Å². The van der Waals surface area contributed by atoms with E-state index >= 15 is 0 Å². The number of hydrogen-bond acceptors (Lipinski definition) is 5. The van der Waals surface area contributed by atoms with Gasteiger partial charge in [0.1, 0.15) is 5.37 Å². The molecule has 1 atom stereocenters. The maximum atomic E-state index is 12.1. The molecule has 1 aromatic rings. The molecule has 1 aliphatic heterocycles. The van der Waals surface area contributed by atoms with E-state index in [2.05, 4.69) is 34.2 Å². The Morgan fingerprint density at radius 3 is 2.90 bits per heavy atom. The summed E-state index contributed by atoms with van der Waals surface area (Å²) in [5, 5.41) is 2.89. The van der Waals surface area contributed by atoms with Gasteiger partial charge in [0.05, 0.1) is 0 Å². The van der Waals surface area contributed by atoms with Crippen LogP contribution in [-0.4, -0.2) is 44.6 Å². The van der Waals surface area contributed by atoms with E-state index in [1.807, 2.05) is 17.0 Å². The first-order valence-electron chi connectivity index (χ1n) is 6.96. The zero-order chi connectivity index (χ0) is 15.5. The third-order valence-corrected chi connectivity index (χ3v) is 6.63. The zero-order valence-corrected chi connectivity index (χ0v) is 15.5. The smallest absolute Gasteiger partial charge is 0.169 e. The molecule has 118 valence electrons. The highest BCUT2D eigenvalue weighted by molar-refractivity contribution is 9.10. The van der Waals surface area contributed by atoms with E-state index in [9.17, 15) is 8.42 Å². The second kappa shape index (κ2) is 7.35. The highest BCUT2D eigenvalue weighted by Gasteiger charge is 2.32. The minimum absolute atomic E-state index is 0.433. The van der Waals surface area contributed by atoms with Gasteiger partial charge < -0.3 is 10.2 Å². The van der Waals surface area contributed by atoms with Crippen molar-refractivity contribution in [2.75, 3.05) is 35.8 Å². The topological polar surface area (TPSA) is 49.4 Å². The van der Waals surface area contributed by atoms with Gasteiger partial charge in [-0.25, -0.2) is 8.42 Å². The van der Waals surface area contributed by atoms with Gasteiger partial charge in [0.2, 0.25) is 0 Å². The molecule has 21 heavy (non-hydrogen) atoms. The largest absolute Gasteiger partial charge is 0.353 e. The first-order valence-corrected chi connectivity index (χ1v) is 10.9. The Kier molecular flexibility index (Phi) is 5.99. The molecule has 1 unspecified atom stereocenters. The third-order valence-electron chi connectivity index (χ3n) is 3.50. The molecule has 1 saturated heterocycles. The molecule has 0 saturated carbocycles. The lowest BCUT2D eigenvalue weighted by molar-refractivity contribution is 0.584. The molecule has 1 aromatic carbocycles. The second-order valence-electron chi connectivity index (χ2n) is 5.11. The van der Waals surface area contributed by atoms with Gasteiger partial charge in [-0.1, -0.05) is 22.9 Å². The summed E-state index contributed by atoms with van der Waals surface area (Å²) in [6.45, 7) is 4.46. The van der Waals surface area contributed by atoms with Crippen molar-refractivity contribution in [1.29, 1.82) is 0 Å². The van der Waals surface area contributed by atoms with E-state index in [4.69, 9.17) is 0 Å². The summed E-state index contributed by atoms with van der Waals surface area (Å²) >= 11 is 5.21. The number of hydrogen-bond donors (Lipinski definition) is 1. The van der Waals surface area contributed by atoms with Crippen LogP contribution in [0.2, 0.25) is 0 Å². The number of halogens is 1. The van der Waals surface area contributed by atoms with E-state index in [0.29, 0.717) is 5.75 Å². The van der Waals surface area contributed by atoms with Crippen molar-refractivity contribution in [1.82, 2.24) is 5.32 Å². The Bertz CT molecular complexity index is 593. The Hall–Kier alpha value is -0.240. The predicted molar refractivity (Wildman–Crippen MR) is 94.8 cm³/mol. The fourth-order valence-electron chi connectivity index (χ4n) is 2.45. The van der Waals surface area contributed by atoms with Crippen molar-refractivity contribution < 1.29 is 8.42 Å². The number of anilines is 1. The molecule has 0 spiro atoms. The highest BCUT2D eigenvalue weighted by Crippen LogP contribution is 2.31. The summed E-state index contributed by atoms with van der Waals surface area (Å²) in [7, 11) is -3.10. The predicted octanol–water partition coefficient (Wildman–Crippen LogP) is 2.48. The van der Waals surface area contributed by atoms with Crippen LogP contribution in [0.4, 0.5) is 5.69 Å². The summed E-state index contributed by atoms with van der Waals surface area (Å²) in [4.78, 5) is 2.05. The van der Waals surface area contributed by atoms with Crippen LogP contribution < -0.4 is 10.2 Å². The van der Waals surface area contributed by atoms with E-state index in [1.165, 1.54) is 6.26 Å². The van der Waals surface area contributed by atoms with Crippen LogP contribution in [0.25, 0.3) is 0 Å². The van der Waals surface area contributed by atoms with Crippen molar-refractivity contribution >= 4 is 43.2 Å². The molecule has 4 nitrogen and oxygen atoms in total. The van der Waals surface area contributed by atoms with E-state index in [1.54, 1.807) is 11.8 Å². The summed E-state index contributed by atoms with van der Waals surface area (Å²) in [5.74, 6) is 1.60. The van der Waals surface area contributed by atoms with Gasteiger partial charge in [0.15, 0.2) is 9.84 Å². The molecule has 7 heteroatoms. The zero-order valence-electron chi connectivity index (χ0n) is 12.3. The molecular formula is C14H21BrN2O2S2. The maximum absolute atomic E-state index is 12.1. The lowest BCUT2D eigenvalue weighted by Crippen LogP contribution is -2.47. The minimum Gasteiger partial charge on any atom is -0.353 e. The summed E-state index contributed by atoms with van der Waals surface area (Å²) in [6, 6.07) is 6.07. The SMILES string of the molecule is CCNCc1cc(Br)ccc1N1CCSCC1S(C)(=O)=O. The number of thioether (sulfide) groups is 1. The second-order valence-corrected chi connectivity index (χ2v) is 9.37. The van der Waals surface area contributed by atoms with E-state index in [-0.39, 0.29) is 0 Å². The molecule has 1 fully saturated rings. The summed E-state index contributed by atoms with van der Waals surface area (Å²) in [5.41, 5.74) is 2.15. The minimum atomic E-state index is -3.10. The van der Waals surface area contributed by atoms with Crippen LogP contribution in [0.3, 0.4) is 0 Å². The molecule has 0 amide bonds. The first kappa shape index (κ1) is 17.1. The normalized spacial score (nSPS) is 19.8. The summed E-state index contributed by atoms with van der Waals surface area (Å²) in [6.07, 6.45) is 1.33. The molecular weight excluding hydrogens is 372 g/mol. The molecule has 1 aliphatic rings. The van der Waals surface area contributed by atoms with Gasteiger partial charge in [0.25, 0.3) is 0 Å². The Morgan fingerprint density at radius 2 is 2.24 bits per heavy atom. The number of sulfone groups is 1. The van der Waals surface area contributed by atoms with Crippen LogP contribution in [0.5, 0.6) is 0 Å². The monoisotopic (exact) mass is 392 g/mol. The molecule has 2 rings (SSSR count). The molecule has 1 N–H and O–H groups in total.